The Bertz CT molecular complexity index is 1070. The third-order valence-electron chi connectivity index (χ3n) is 4.89. The van der Waals surface area contributed by atoms with Crippen molar-refractivity contribution in [3.8, 4) is 5.75 Å². The normalized spacial score (nSPS) is 23.9. The van der Waals surface area contributed by atoms with Gasteiger partial charge in [-0.3, -0.25) is 4.79 Å². The highest BCUT2D eigenvalue weighted by atomic mass is 32.2. The van der Waals surface area contributed by atoms with Crippen LogP contribution in [0.5, 0.6) is 5.75 Å². The molecule has 1 amide bonds. The Morgan fingerprint density at radius 1 is 1.24 bits per heavy atom. The molecule has 0 unspecified atom stereocenters. The number of nitrogens with zero attached hydrogens (tertiary/aromatic N) is 2. The predicted octanol–water partition coefficient (Wildman–Crippen LogP) is 2.68. The molecule has 2 saturated heterocycles. The molecule has 6 nitrogen and oxygen atoms in total. The van der Waals surface area contributed by atoms with E-state index < -0.39 is 15.7 Å². The third kappa shape index (κ3) is 4.30. The third-order valence-corrected chi connectivity index (χ3v) is 8.10. The molecular formula is C20H19FN2O4S2. The first-order valence-electron chi connectivity index (χ1n) is 9.01. The van der Waals surface area contributed by atoms with E-state index >= 15 is 0 Å². The van der Waals surface area contributed by atoms with Gasteiger partial charge in [0, 0.05) is 10.9 Å². The molecule has 2 fully saturated rings. The molecule has 2 heterocycles. The van der Waals surface area contributed by atoms with Crippen LogP contribution in [0.2, 0.25) is 0 Å². The number of anilines is 1. The van der Waals surface area contributed by atoms with Gasteiger partial charge in [0.25, 0.3) is 5.91 Å². The lowest BCUT2D eigenvalue weighted by molar-refractivity contribution is -0.117. The molecule has 2 aliphatic rings. The van der Waals surface area contributed by atoms with Crippen molar-refractivity contribution in [1.29, 1.82) is 0 Å². The molecule has 0 N–H and O–H groups in total. The molecule has 0 spiro atoms. The van der Waals surface area contributed by atoms with E-state index in [9.17, 15) is 17.6 Å². The minimum Gasteiger partial charge on any atom is -0.497 e. The van der Waals surface area contributed by atoms with Gasteiger partial charge in [-0.25, -0.2) is 12.8 Å². The number of benzene rings is 2. The first-order valence-corrected chi connectivity index (χ1v) is 11.7. The zero-order valence-electron chi connectivity index (χ0n) is 15.6. The highest BCUT2D eigenvalue weighted by molar-refractivity contribution is 8.16. The second-order valence-corrected chi connectivity index (χ2v) is 10.3. The number of amides is 1. The molecule has 2 aliphatic heterocycles. The summed E-state index contributed by atoms with van der Waals surface area (Å²) in [6.07, 6.45) is 0.110. The van der Waals surface area contributed by atoms with Crippen molar-refractivity contribution < 1.29 is 22.3 Å². The lowest BCUT2D eigenvalue weighted by Crippen LogP contribution is -2.37. The summed E-state index contributed by atoms with van der Waals surface area (Å²) in [4.78, 5) is 18.5. The fourth-order valence-corrected chi connectivity index (χ4v) is 7.49. The number of fused-ring (bicyclic) bond motifs is 1. The number of carbonyl (C=O) groups excluding carboxylic acids is 1. The van der Waals surface area contributed by atoms with Gasteiger partial charge >= 0.3 is 0 Å². The van der Waals surface area contributed by atoms with E-state index in [1.54, 1.807) is 48.4 Å². The van der Waals surface area contributed by atoms with Gasteiger partial charge in [-0.15, -0.1) is 0 Å². The van der Waals surface area contributed by atoms with Crippen molar-refractivity contribution in [3.05, 3.63) is 59.9 Å². The minimum absolute atomic E-state index is 0.0276. The van der Waals surface area contributed by atoms with Crippen LogP contribution in [-0.2, 0) is 21.1 Å². The Labute approximate surface area is 172 Å². The quantitative estimate of drug-likeness (QED) is 0.737. The summed E-state index contributed by atoms with van der Waals surface area (Å²) in [5, 5.41) is 0.190. The van der Waals surface area contributed by atoms with Crippen LogP contribution in [-0.4, -0.2) is 49.4 Å². The van der Waals surface area contributed by atoms with Gasteiger partial charge in [0.15, 0.2) is 15.0 Å². The Balaban J connectivity index is 1.61. The summed E-state index contributed by atoms with van der Waals surface area (Å²) in [5.41, 5.74) is 1.29. The van der Waals surface area contributed by atoms with Crippen molar-refractivity contribution in [2.45, 2.75) is 17.7 Å². The van der Waals surface area contributed by atoms with Crippen molar-refractivity contribution >= 4 is 38.4 Å². The number of ether oxygens (including phenoxy) is 1. The van der Waals surface area contributed by atoms with Crippen LogP contribution in [0, 0.1) is 5.82 Å². The summed E-state index contributed by atoms with van der Waals surface area (Å²) >= 11 is 1.27. The van der Waals surface area contributed by atoms with E-state index in [0.29, 0.717) is 16.6 Å². The Kier molecular flexibility index (Phi) is 5.35. The summed E-state index contributed by atoms with van der Waals surface area (Å²) < 4.78 is 43.1. The van der Waals surface area contributed by atoms with E-state index in [-0.39, 0.29) is 35.1 Å². The fraction of sp³-hybridized carbons (Fsp3) is 0.300. The molecule has 4 rings (SSSR count). The van der Waals surface area contributed by atoms with Crippen LogP contribution in [0.15, 0.2) is 53.5 Å². The molecule has 0 saturated carbocycles. The van der Waals surface area contributed by atoms with Gasteiger partial charge in [-0.05, 0) is 35.9 Å². The number of amidine groups is 1. The Hall–Kier alpha value is -2.39. The average Bonchev–Trinajstić information content (AvgIpc) is 3.12. The van der Waals surface area contributed by atoms with Crippen LogP contribution in [0.4, 0.5) is 10.1 Å². The maximum absolute atomic E-state index is 13.8. The van der Waals surface area contributed by atoms with Crippen LogP contribution in [0.25, 0.3) is 0 Å². The van der Waals surface area contributed by atoms with Crippen molar-refractivity contribution in [2.75, 3.05) is 23.5 Å². The van der Waals surface area contributed by atoms with E-state index in [1.165, 1.54) is 23.9 Å². The standard InChI is InChI=1S/C20H19FN2O4S2/c1-27-16-7-5-13(6-8-16)9-19(24)22-20-23(15-4-2-3-14(21)10-15)17-11-29(25,26)12-18(17)28-20/h2-8,10,17-18H,9,11-12H2,1H3/t17-,18-/m0/s1. The molecule has 152 valence electrons. The van der Waals surface area contributed by atoms with E-state index in [1.807, 2.05) is 0 Å². The summed E-state index contributed by atoms with van der Waals surface area (Å²) in [5.74, 6) is -0.0834. The summed E-state index contributed by atoms with van der Waals surface area (Å²) in [7, 11) is -1.60. The van der Waals surface area contributed by atoms with Crippen LogP contribution in [0.1, 0.15) is 5.56 Å². The fourth-order valence-electron chi connectivity index (χ4n) is 3.56. The monoisotopic (exact) mass is 434 g/mol. The van der Waals surface area contributed by atoms with Gasteiger partial charge in [0.1, 0.15) is 11.6 Å². The SMILES string of the molecule is COc1ccc(CC(=O)N=C2S[C@H]3CS(=O)(=O)C[C@@H]3N2c2cccc(F)c2)cc1. The second-order valence-electron chi connectivity index (χ2n) is 6.96. The zero-order chi connectivity index (χ0) is 20.6. The molecule has 2 aromatic carbocycles. The van der Waals surface area contributed by atoms with Crippen LogP contribution < -0.4 is 9.64 Å². The van der Waals surface area contributed by atoms with Crippen molar-refractivity contribution in [2.24, 2.45) is 4.99 Å². The number of sulfone groups is 1. The number of aliphatic imine (C=N–C) groups is 1. The predicted molar refractivity (Wildman–Crippen MR) is 112 cm³/mol. The van der Waals surface area contributed by atoms with Crippen LogP contribution in [0.3, 0.4) is 0 Å². The number of thioether (sulfide) groups is 1. The van der Waals surface area contributed by atoms with Gasteiger partial charge in [-0.2, -0.15) is 4.99 Å². The Morgan fingerprint density at radius 3 is 2.69 bits per heavy atom. The van der Waals surface area contributed by atoms with E-state index in [2.05, 4.69) is 4.99 Å². The zero-order valence-corrected chi connectivity index (χ0v) is 17.2. The number of hydrogen-bond acceptors (Lipinski definition) is 5. The van der Waals surface area contributed by atoms with Gasteiger partial charge in [0.2, 0.25) is 0 Å². The topological polar surface area (TPSA) is 76.0 Å². The lowest BCUT2D eigenvalue weighted by atomic mass is 10.1. The molecule has 2 atom stereocenters. The molecule has 0 bridgehead atoms. The van der Waals surface area contributed by atoms with Crippen LogP contribution >= 0.6 is 11.8 Å². The van der Waals surface area contributed by atoms with E-state index in [4.69, 9.17) is 4.74 Å². The molecule has 2 aromatic rings. The molecule has 0 radical (unpaired) electrons. The molecule has 9 heteroatoms. The summed E-state index contributed by atoms with van der Waals surface area (Å²) in [6, 6.07) is 12.7. The number of hydrogen-bond donors (Lipinski definition) is 0. The summed E-state index contributed by atoms with van der Waals surface area (Å²) in [6.45, 7) is 0. The van der Waals surface area contributed by atoms with Gasteiger partial charge in [0.05, 0.1) is 31.1 Å². The highest BCUT2D eigenvalue weighted by Gasteiger charge is 2.49. The smallest absolute Gasteiger partial charge is 0.252 e. The molecule has 29 heavy (non-hydrogen) atoms. The number of methoxy groups -OCH3 is 1. The molecule has 0 aromatic heterocycles. The first kappa shape index (κ1) is 19.9. The maximum Gasteiger partial charge on any atom is 0.252 e. The Morgan fingerprint density at radius 2 is 2.00 bits per heavy atom. The second kappa shape index (κ2) is 7.79. The minimum atomic E-state index is -3.17. The average molecular weight is 435 g/mol. The highest BCUT2D eigenvalue weighted by Crippen LogP contribution is 2.41. The van der Waals surface area contributed by atoms with E-state index in [0.717, 1.165) is 5.56 Å². The number of halogens is 1. The number of rotatable bonds is 4. The lowest BCUT2D eigenvalue weighted by Gasteiger charge is -2.24. The molecule has 0 aliphatic carbocycles. The van der Waals surface area contributed by atoms with Crippen molar-refractivity contribution in [1.82, 2.24) is 0 Å². The van der Waals surface area contributed by atoms with Crippen molar-refractivity contribution in [3.63, 3.8) is 0 Å². The van der Waals surface area contributed by atoms with Gasteiger partial charge < -0.3 is 9.64 Å². The maximum atomic E-state index is 13.8. The number of carbonyl (C=O) groups is 1. The first-order chi connectivity index (χ1) is 13.8. The molecular weight excluding hydrogens is 415 g/mol. The largest absolute Gasteiger partial charge is 0.497 e. The van der Waals surface area contributed by atoms with Gasteiger partial charge in [-0.1, -0.05) is 30.0 Å².